The van der Waals surface area contributed by atoms with Crippen LogP contribution in [0.5, 0.6) is 5.75 Å². The third kappa shape index (κ3) is 2.63. The lowest BCUT2D eigenvalue weighted by atomic mass is 10.0. The maximum atomic E-state index is 14.3. The lowest BCUT2D eigenvalue weighted by Crippen LogP contribution is -2.44. The molecule has 0 aliphatic carbocycles. The number of aromatic amines is 2. The van der Waals surface area contributed by atoms with Gasteiger partial charge in [0, 0.05) is 58.8 Å². The van der Waals surface area contributed by atoms with Gasteiger partial charge in [-0.3, -0.25) is 0 Å². The van der Waals surface area contributed by atoms with Gasteiger partial charge in [-0.2, -0.15) is 0 Å². The number of H-pyrrole nitrogens is 2. The number of nitrogens with one attached hydrogen (secondary N) is 2. The Morgan fingerprint density at radius 1 is 0.806 bits per heavy atom. The summed E-state index contributed by atoms with van der Waals surface area (Å²) in [6.07, 6.45) is 0. The van der Waals surface area contributed by atoms with Crippen LogP contribution in [0.1, 0.15) is 0 Å². The molecule has 0 amide bonds. The summed E-state index contributed by atoms with van der Waals surface area (Å²) < 4.78 is 34.4. The third-order valence-corrected chi connectivity index (χ3v) is 6.47. The quantitative estimate of drug-likeness (QED) is 0.423. The van der Waals surface area contributed by atoms with Crippen LogP contribution in [0.4, 0.5) is 14.5 Å². The van der Waals surface area contributed by atoms with Gasteiger partial charge in [0.25, 0.3) is 0 Å². The first-order chi connectivity index (χ1) is 15.0. The van der Waals surface area contributed by atoms with Gasteiger partial charge in [-0.25, -0.2) is 8.78 Å². The fourth-order valence-electron chi connectivity index (χ4n) is 4.96. The number of hydrogen-bond acceptors (Lipinski definition) is 3. The van der Waals surface area contributed by atoms with Gasteiger partial charge in [-0.05, 0) is 43.4 Å². The first-order valence-corrected chi connectivity index (χ1v) is 10.4. The first-order valence-electron chi connectivity index (χ1n) is 10.4. The summed E-state index contributed by atoms with van der Waals surface area (Å²) in [5.74, 6) is 0.0691. The summed E-state index contributed by atoms with van der Waals surface area (Å²) in [6.45, 7) is 3.50. The molecule has 1 fully saturated rings. The predicted octanol–water partition coefficient (Wildman–Crippen LogP) is 4.99. The van der Waals surface area contributed by atoms with Crippen LogP contribution < -0.4 is 9.64 Å². The molecular weight excluding hydrogens is 398 g/mol. The summed E-state index contributed by atoms with van der Waals surface area (Å²) in [5.41, 5.74) is 4.31. The minimum absolute atomic E-state index is 0.290. The number of nitrogens with zero attached hydrogens (tertiary/aromatic N) is 2. The summed E-state index contributed by atoms with van der Waals surface area (Å²) in [5, 5.41) is 3.42. The summed E-state index contributed by atoms with van der Waals surface area (Å²) in [4.78, 5) is 11.5. The largest absolute Gasteiger partial charge is 0.492 e. The highest BCUT2D eigenvalue weighted by Gasteiger charge is 2.27. The van der Waals surface area contributed by atoms with Crippen LogP contribution in [-0.2, 0) is 0 Å². The minimum Gasteiger partial charge on any atom is -0.492 e. The topological polar surface area (TPSA) is 47.3 Å². The van der Waals surface area contributed by atoms with E-state index in [0.717, 1.165) is 75.5 Å². The number of anilines is 1. The molecule has 31 heavy (non-hydrogen) atoms. The van der Waals surface area contributed by atoms with Crippen LogP contribution in [0, 0.1) is 11.6 Å². The Hall–Kier alpha value is -3.32. The number of benzene rings is 3. The number of rotatable bonds is 2. The van der Waals surface area contributed by atoms with Crippen molar-refractivity contribution in [3.8, 4) is 5.75 Å². The number of fused-ring (bicyclic) bond motifs is 6. The van der Waals surface area contributed by atoms with Crippen molar-refractivity contribution in [3.63, 3.8) is 0 Å². The van der Waals surface area contributed by atoms with Gasteiger partial charge >= 0.3 is 0 Å². The van der Waals surface area contributed by atoms with E-state index >= 15 is 0 Å². The van der Waals surface area contributed by atoms with E-state index in [1.165, 1.54) is 12.1 Å². The highest BCUT2D eigenvalue weighted by atomic mass is 19.1. The van der Waals surface area contributed by atoms with Crippen molar-refractivity contribution >= 4 is 49.3 Å². The number of likely N-dealkylation sites (N-methyl/N-ethyl adjacent to an activating group) is 1. The molecule has 1 saturated heterocycles. The minimum atomic E-state index is -0.290. The first kappa shape index (κ1) is 18.4. The summed E-state index contributed by atoms with van der Waals surface area (Å²) in [6, 6.07) is 9.55. The second-order valence-electron chi connectivity index (χ2n) is 8.30. The normalized spacial score (nSPS) is 15.7. The Morgan fingerprint density at radius 3 is 1.81 bits per heavy atom. The van der Waals surface area contributed by atoms with E-state index in [2.05, 4.69) is 26.8 Å². The van der Waals surface area contributed by atoms with E-state index in [-0.39, 0.29) is 11.6 Å². The molecular formula is C24H22F2N4O. The average Bonchev–Trinajstić information content (AvgIpc) is 3.31. The lowest BCUT2D eigenvalue weighted by molar-refractivity contribution is 0.313. The molecule has 0 spiro atoms. The van der Waals surface area contributed by atoms with Gasteiger partial charge in [0.2, 0.25) is 0 Å². The summed E-state index contributed by atoms with van der Waals surface area (Å²) >= 11 is 0. The SMILES string of the molecule is COc1c2[nH]c3ccc(F)cc3c2c(N2CCN(C)CC2)c2c1[nH]c1ccc(F)cc12. The zero-order valence-electron chi connectivity index (χ0n) is 17.4. The highest BCUT2D eigenvalue weighted by molar-refractivity contribution is 6.29. The monoisotopic (exact) mass is 420 g/mol. The average molecular weight is 420 g/mol. The van der Waals surface area contributed by atoms with Crippen LogP contribution in [0.2, 0.25) is 0 Å². The van der Waals surface area contributed by atoms with Gasteiger partial charge in [-0.1, -0.05) is 0 Å². The summed E-state index contributed by atoms with van der Waals surface area (Å²) in [7, 11) is 3.74. The molecule has 3 aromatic carbocycles. The number of hydrogen-bond donors (Lipinski definition) is 2. The van der Waals surface area contributed by atoms with Gasteiger partial charge < -0.3 is 24.5 Å². The molecule has 158 valence electrons. The van der Waals surface area contributed by atoms with E-state index in [1.807, 2.05) is 0 Å². The number of halogens is 2. The maximum Gasteiger partial charge on any atom is 0.167 e. The van der Waals surface area contributed by atoms with Crippen LogP contribution in [0.15, 0.2) is 36.4 Å². The van der Waals surface area contributed by atoms with Crippen molar-refractivity contribution in [2.75, 3.05) is 45.2 Å². The van der Waals surface area contributed by atoms with E-state index in [0.29, 0.717) is 5.75 Å². The molecule has 5 aromatic rings. The van der Waals surface area contributed by atoms with E-state index < -0.39 is 0 Å². The molecule has 0 unspecified atom stereocenters. The third-order valence-electron chi connectivity index (χ3n) is 6.47. The van der Waals surface area contributed by atoms with Gasteiger partial charge in [0.1, 0.15) is 11.6 Å². The fraction of sp³-hybridized carbons (Fsp3) is 0.250. The number of aromatic nitrogens is 2. The zero-order chi connectivity index (χ0) is 21.3. The van der Waals surface area contributed by atoms with Crippen molar-refractivity contribution in [3.05, 3.63) is 48.0 Å². The molecule has 6 rings (SSSR count). The number of ether oxygens (including phenoxy) is 1. The molecule has 0 bridgehead atoms. The molecule has 5 nitrogen and oxygen atoms in total. The van der Waals surface area contributed by atoms with Crippen molar-refractivity contribution in [1.29, 1.82) is 0 Å². The standard InChI is InChI=1S/C24H22F2N4O/c1-29-7-9-30(10-8-29)23-19-15-11-13(25)3-5-17(15)27-21(19)24(31-2)22-20(23)16-12-14(26)4-6-18(16)28-22/h3-6,11-12,27-28H,7-10H2,1-2H3. The Bertz CT molecular complexity index is 1380. The molecule has 2 aromatic heterocycles. The van der Waals surface area contributed by atoms with Crippen LogP contribution in [0.25, 0.3) is 43.6 Å². The van der Waals surface area contributed by atoms with Gasteiger partial charge in [0.15, 0.2) is 5.75 Å². The van der Waals surface area contributed by atoms with Crippen molar-refractivity contribution in [2.24, 2.45) is 0 Å². The van der Waals surface area contributed by atoms with Crippen LogP contribution >= 0.6 is 0 Å². The van der Waals surface area contributed by atoms with E-state index in [4.69, 9.17) is 4.74 Å². The van der Waals surface area contributed by atoms with E-state index in [9.17, 15) is 8.78 Å². The molecule has 0 atom stereocenters. The van der Waals surface area contributed by atoms with Crippen molar-refractivity contribution < 1.29 is 13.5 Å². The Morgan fingerprint density at radius 2 is 1.32 bits per heavy atom. The Labute approximate surface area is 177 Å². The predicted molar refractivity (Wildman–Crippen MR) is 121 cm³/mol. The van der Waals surface area contributed by atoms with Crippen LogP contribution in [0.3, 0.4) is 0 Å². The molecule has 0 radical (unpaired) electrons. The molecule has 1 aliphatic rings. The zero-order valence-corrected chi connectivity index (χ0v) is 17.4. The van der Waals surface area contributed by atoms with Crippen molar-refractivity contribution in [2.45, 2.75) is 0 Å². The fourth-order valence-corrected chi connectivity index (χ4v) is 4.96. The Balaban J connectivity index is 1.84. The van der Waals surface area contributed by atoms with Gasteiger partial charge in [0.05, 0.1) is 23.8 Å². The molecule has 7 heteroatoms. The van der Waals surface area contributed by atoms with Crippen LogP contribution in [-0.4, -0.2) is 55.2 Å². The second-order valence-corrected chi connectivity index (χ2v) is 8.30. The Kier molecular flexibility index (Phi) is 3.92. The van der Waals surface area contributed by atoms with E-state index in [1.54, 1.807) is 31.4 Å². The molecule has 0 saturated carbocycles. The smallest absolute Gasteiger partial charge is 0.167 e. The van der Waals surface area contributed by atoms with Gasteiger partial charge in [-0.15, -0.1) is 0 Å². The number of piperazine rings is 1. The molecule has 3 heterocycles. The molecule has 2 N–H and O–H groups in total. The second kappa shape index (κ2) is 6.59. The number of methoxy groups -OCH3 is 1. The molecule has 1 aliphatic heterocycles. The maximum absolute atomic E-state index is 14.3. The highest BCUT2D eigenvalue weighted by Crippen LogP contribution is 2.48. The van der Waals surface area contributed by atoms with Crippen molar-refractivity contribution in [1.82, 2.24) is 14.9 Å². The lowest BCUT2D eigenvalue weighted by Gasteiger charge is -2.35.